The predicted octanol–water partition coefficient (Wildman–Crippen LogP) is 4.95. The molecule has 0 aliphatic rings. The van der Waals surface area contributed by atoms with E-state index in [2.05, 4.69) is 15.4 Å². The Morgan fingerprint density at radius 2 is 1.68 bits per heavy atom. The van der Waals surface area contributed by atoms with E-state index in [-0.39, 0.29) is 11.6 Å². The molecule has 0 saturated heterocycles. The maximum Gasteiger partial charge on any atom is 0.295 e. The molecular weight excluding hydrogens is 395 g/mol. The second-order valence-electron chi connectivity index (χ2n) is 7.13. The summed E-state index contributed by atoms with van der Waals surface area (Å²) in [7, 11) is 1.58. The summed E-state index contributed by atoms with van der Waals surface area (Å²) in [5.74, 6) is 0.347. The van der Waals surface area contributed by atoms with E-state index in [1.54, 1.807) is 48.2 Å². The number of aromatic nitrogens is 3. The summed E-state index contributed by atoms with van der Waals surface area (Å²) in [6.07, 6.45) is 0. The lowest BCUT2D eigenvalue weighted by Gasteiger charge is -2.08. The van der Waals surface area contributed by atoms with E-state index >= 15 is 0 Å². The van der Waals surface area contributed by atoms with Crippen molar-refractivity contribution < 1.29 is 13.9 Å². The number of methoxy groups -OCH3 is 1. The average Bonchev–Trinajstić information content (AvgIpc) is 3.22. The smallest absolute Gasteiger partial charge is 0.295 e. The molecule has 6 nitrogen and oxygen atoms in total. The number of hydrogen-bond donors (Lipinski definition) is 1. The number of aryl methyl sites for hydroxylation is 2. The van der Waals surface area contributed by atoms with Gasteiger partial charge in [-0.1, -0.05) is 6.07 Å². The van der Waals surface area contributed by atoms with Gasteiger partial charge in [0.1, 0.15) is 11.6 Å². The second kappa shape index (κ2) is 8.39. The van der Waals surface area contributed by atoms with Crippen LogP contribution in [0.1, 0.15) is 21.7 Å². The van der Waals surface area contributed by atoms with Gasteiger partial charge in [0.2, 0.25) is 5.82 Å². The summed E-state index contributed by atoms with van der Waals surface area (Å²) in [4.78, 5) is 17.3. The van der Waals surface area contributed by atoms with E-state index < -0.39 is 5.91 Å². The Morgan fingerprint density at radius 1 is 0.968 bits per heavy atom. The number of carbonyl (C=O) groups excluding carboxylic acids is 1. The highest BCUT2D eigenvalue weighted by molar-refractivity contribution is 6.01. The molecule has 0 radical (unpaired) electrons. The van der Waals surface area contributed by atoms with Crippen LogP contribution in [0.15, 0.2) is 66.7 Å². The topological polar surface area (TPSA) is 69.0 Å². The summed E-state index contributed by atoms with van der Waals surface area (Å²) in [5, 5.41) is 7.24. The lowest BCUT2D eigenvalue weighted by atomic mass is 10.1. The summed E-state index contributed by atoms with van der Waals surface area (Å²) < 4.78 is 20.2. The highest BCUT2D eigenvalue weighted by Crippen LogP contribution is 2.24. The van der Waals surface area contributed by atoms with Gasteiger partial charge in [-0.3, -0.25) is 4.79 Å². The lowest BCUT2D eigenvalue weighted by Crippen LogP contribution is -2.14. The zero-order chi connectivity index (χ0) is 22.0. The lowest BCUT2D eigenvalue weighted by molar-refractivity contribution is 0.101. The van der Waals surface area contributed by atoms with Crippen molar-refractivity contribution in [2.45, 2.75) is 13.8 Å². The average molecular weight is 416 g/mol. The predicted molar refractivity (Wildman–Crippen MR) is 117 cm³/mol. The van der Waals surface area contributed by atoms with Crippen LogP contribution in [0.5, 0.6) is 5.75 Å². The Morgan fingerprint density at radius 3 is 2.32 bits per heavy atom. The molecule has 4 aromatic rings. The van der Waals surface area contributed by atoms with Gasteiger partial charge in [0.15, 0.2) is 5.82 Å². The number of hydrogen-bond acceptors (Lipinski definition) is 4. The first-order valence-electron chi connectivity index (χ1n) is 9.70. The summed E-state index contributed by atoms with van der Waals surface area (Å²) in [6, 6.07) is 18.8. The van der Waals surface area contributed by atoms with E-state index in [0.717, 1.165) is 16.8 Å². The molecule has 31 heavy (non-hydrogen) atoms. The number of halogens is 1. The second-order valence-corrected chi connectivity index (χ2v) is 7.13. The number of anilines is 1. The van der Waals surface area contributed by atoms with Gasteiger partial charge in [-0.2, -0.15) is 0 Å². The van der Waals surface area contributed by atoms with Gasteiger partial charge in [0, 0.05) is 11.3 Å². The number of amides is 1. The molecule has 1 N–H and O–H groups in total. The fraction of sp³-hybridized carbons (Fsp3) is 0.125. The molecule has 0 unspecified atom stereocenters. The number of carbonyl (C=O) groups is 1. The Hall–Kier alpha value is -4.00. The molecule has 0 fully saturated rings. The molecule has 4 rings (SSSR count). The minimum atomic E-state index is -0.448. The quantitative estimate of drug-likeness (QED) is 0.500. The third kappa shape index (κ3) is 4.30. The molecule has 1 amide bonds. The molecule has 0 aliphatic heterocycles. The Labute approximate surface area is 179 Å². The van der Waals surface area contributed by atoms with Crippen LogP contribution < -0.4 is 10.1 Å². The van der Waals surface area contributed by atoms with Crippen molar-refractivity contribution in [3.8, 4) is 22.8 Å². The largest absolute Gasteiger partial charge is 0.497 e. The van der Waals surface area contributed by atoms with Crippen molar-refractivity contribution in [1.82, 2.24) is 14.8 Å². The Bertz CT molecular complexity index is 1230. The van der Waals surface area contributed by atoms with Gasteiger partial charge in [0.05, 0.1) is 12.8 Å². The maximum absolute atomic E-state index is 13.4. The van der Waals surface area contributed by atoms with Crippen molar-refractivity contribution in [3.63, 3.8) is 0 Å². The standard InChI is InChI=1S/C24H21FN4O2/c1-15-4-11-20(14-16(15)2)29-23(17-5-7-18(25)8-6-17)27-22(28-29)24(30)26-19-9-12-21(31-3)13-10-19/h4-14H,1-3H3,(H,26,30). The highest BCUT2D eigenvalue weighted by atomic mass is 19.1. The minimum Gasteiger partial charge on any atom is -0.497 e. The van der Waals surface area contributed by atoms with Gasteiger partial charge >= 0.3 is 0 Å². The van der Waals surface area contributed by atoms with Crippen LogP contribution in [0, 0.1) is 19.7 Å². The van der Waals surface area contributed by atoms with Crippen LogP contribution in [0.4, 0.5) is 10.1 Å². The monoisotopic (exact) mass is 416 g/mol. The molecule has 0 bridgehead atoms. The van der Waals surface area contributed by atoms with Crippen molar-refractivity contribution >= 4 is 11.6 Å². The van der Waals surface area contributed by atoms with Crippen LogP contribution in [0.25, 0.3) is 17.1 Å². The first kappa shape index (κ1) is 20.3. The highest BCUT2D eigenvalue weighted by Gasteiger charge is 2.19. The maximum atomic E-state index is 13.4. The van der Waals surface area contributed by atoms with Crippen LogP contribution in [0.2, 0.25) is 0 Å². The fourth-order valence-corrected chi connectivity index (χ4v) is 3.09. The molecule has 0 saturated carbocycles. The summed E-state index contributed by atoms with van der Waals surface area (Å²) >= 11 is 0. The minimum absolute atomic E-state index is 0.00775. The molecule has 1 aromatic heterocycles. The third-order valence-electron chi connectivity index (χ3n) is 5.00. The van der Waals surface area contributed by atoms with Crippen LogP contribution in [0.3, 0.4) is 0 Å². The van der Waals surface area contributed by atoms with Crippen LogP contribution >= 0.6 is 0 Å². The van der Waals surface area contributed by atoms with E-state index in [4.69, 9.17) is 4.74 Å². The van der Waals surface area contributed by atoms with E-state index in [9.17, 15) is 9.18 Å². The zero-order valence-corrected chi connectivity index (χ0v) is 17.4. The molecule has 7 heteroatoms. The van der Waals surface area contributed by atoms with Gasteiger partial charge in [0.25, 0.3) is 5.91 Å². The molecule has 3 aromatic carbocycles. The molecule has 156 valence electrons. The first-order valence-corrected chi connectivity index (χ1v) is 9.70. The van der Waals surface area contributed by atoms with Crippen molar-refractivity contribution in [2.75, 3.05) is 12.4 Å². The normalized spacial score (nSPS) is 10.7. The number of benzene rings is 3. The fourth-order valence-electron chi connectivity index (χ4n) is 3.09. The third-order valence-corrected chi connectivity index (χ3v) is 5.00. The van der Waals surface area contributed by atoms with Gasteiger partial charge in [-0.15, -0.1) is 5.10 Å². The van der Waals surface area contributed by atoms with E-state index in [1.165, 1.54) is 12.1 Å². The zero-order valence-electron chi connectivity index (χ0n) is 17.4. The molecule has 1 heterocycles. The van der Waals surface area contributed by atoms with Crippen LogP contribution in [-0.2, 0) is 0 Å². The SMILES string of the molecule is COc1ccc(NC(=O)c2nc(-c3ccc(F)cc3)n(-c3ccc(C)c(C)c3)n2)cc1. The molecule has 0 spiro atoms. The summed E-state index contributed by atoms with van der Waals surface area (Å²) in [6.45, 7) is 4.03. The van der Waals surface area contributed by atoms with E-state index in [0.29, 0.717) is 22.8 Å². The van der Waals surface area contributed by atoms with E-state index in [1.807, 2.05) is 32.0 Å². The number of nitrogens with one attached hydrogen (secondary N) is 1. The first-order chi connectivity index (χ1) is 14.9. The summed E-state index contributed by atoms with van der Waals surface area (Å²) in [5.41, 5.74) is 4.23. The molecular formula is C24H21FN4O2. The molecule has 0 aliphatic carbocycles. The number of rotatable bonds is 5. The number of nitrogens with zero attached hydrogens (tertiary/aromatic N) is 3. The Kier molecular flexibility index (Phi) is 5.49. The Balaban J connectivity index is 1.73. The van der Waals surface area contributed by atoms with Gasteiger partial charge in [-0.05, 0) is 85.6 Å². The van der Waals surface area contributed by atoms with Crippen LogP contribution in [-0.4, -0.2) is 27.8 Å². The van der Waals surface area contributed by atoms with Gasteiger partial charge in [-0.25, -0.2) is 14.1 Å². The van der Waals surface area contributed by atoms with Crippen molar-refractivity contribution in [2.24, 2.45) is 0 Å². The number of ether oxygens (including phenoxy) is 1. The van der Waals surface area contributed by atoms with Crippen molar-refractivity contribution in [1.29, 1.82) is 0 Å². The van der Waals surface area contributed by atoms with Crippen molar-refractivity contribution in [3.05, 3.63) is 89.5 Å². The van der Waals surface area contributed by atoms with Gasteiger partial charge < -0.3 is 10.1 Å². The molecule has 0 atom stereocenters.